The number of rotatable bonds is 7. The number of nitrogens with one attached hydrogen (secondary N) is 3. The van der Waals surface area contributed by atoms with Crippen molar-refractivity contribution < 1.29 is 0 Å². The van der Waals surface area contributed by atoms with Gasteiger partial charge in [-0.05, 0) is 36.8 Å². The molecule has 1 aromatic rings. The molecule has 1 unspecified atom stereocenters. The van der Waals surface area contributed by atoms with Crippen LogP contribution in [0.3, 0.4) is 0 Å². The van der Waals surface area contributed by atoms with Crippen LogP contribution in [0, 0.1) is 11.8 Å². The molecule has 1 saturated carbocycles. The van der Waals surface area contributed by atoms with E-state index >= 15 is 0 Å². The van der Waals surface area contributed by atoms with Crippen molar-refractivity contribution in [1.82, 2.24) is 10.6 Å². The summed E-state index contributed by atoms with van der Waals surface area (Å²) < 4.78 is 0. The number of para-hydroxylation sites is 1. The van der Waals surface area contributed by atoms with E-state index in [1.54, 1.807) is 0 Å². The van der Waals surface area contributed by atoms with Crippen LogP contribution >= 0.6 is 24.0 Å². The molecule has 0 spiro atoms. The van der Waals surface area contributed by atoms with Gasteiger partial charge in [0.2, 0.25) is 0 Å². The van der Waals surface area contributed by atoms with Gasteiger partial charge in [0.25, 0.3) is 0 Å². The van der Waals surface area contributed by atoms with E-state index in [-0.39, 0.29) is 24.0 Å². The molecule has 1 atom stereocenters. The Bertz CT molecular complexity index is 443. The second-order valence-electron chi connectivity index (χ2n) is 6.14. The zero-order valence-electron chi connectivity index (χ0n) is 13.8. The number of anilines is 1. The number of hydrogen-bond donors (Lipinski definition) is 3. The van der Waals surface area contributed by atoms with Crippen LogP contribution in [0.4, 0.5) is 5.69 Å². The van der Waals surface area contributed by atoms with Crippen molar-refractivity contribution in [3.8, 4) is 0 Å². The van der Waals surface area contributed by atoms with E-state index in [2.05, 4.69) is 59.1 Å². The van der Waals surface area contributed by atoms with E-state index in [1.165, 1.54) is 18.5 Å². The van der Waals surface area contributed by atoms with Crippen LogP contribution in [0.1, 0.15) is 26.7 Å². The smallest absolute Gasteiger partial charge is 0.191 e. The van der Waals surface area contributed by atoms with Crippen molar-refractivity contribution in [3.05, 3.63) is 30.3 Å². The van der Waals surface area contributed by atoms with Gasteiger partial charge in [0.05, 0.1) is 0 Å². The first kappa shape index (κ1) is 19.1. The second-order valence-corrected chi connectivity index (χ2v) is 6.14. The van der Waals surface area contributed by atoms with Gasteiger partial charge < -0.3 is 16.0 Å². The lowest BCUT2D eigenvalue weighted by Crippen LogP contribution is -2.45. The van der Waals surface area contributed by atoms with Gasteiger partial charge in [0.1, 0.15) is 0 Å². The van der Waals surface area contributed by atoms with Crippen molar-refractivity contribution in [2.45, 2.75) is 32.7 Å². The highest BCUT2D eigenvalue weighted by molar-refractivity contribution is 14.0. The van der Waals surface area contributed by atoms with Gasteiger partial charge in [-0.1, -0.05) is 32.0 Å². The van der Waals surface area contributed by atoms with Gasteiger partial charge in [-0.2, -0.15) is 0 Å². The summed E-state index contributed by atoms with van der Waals surface area (Å²) in [4.78, 5) is 4.29. The summed E-state index contributed by atoms with van der Waals surface area (Å²) in [6.07, 6.45) is 2.71. The molecule has 1 fully saturated rings. The average molecular weight is 416 g/mol. The normalized spacial score (nSPS) is 15.9. The van der Waals surface area contributed by atoms with Crippen molar-refractivity contribution in [2.75, 3.05) is 25.5 Å². The fraction of sp³-hybridized carbons (Fsp3) is 0.588. The van der Waals surface area contributed by atoms with Crippen LogP contribution < -0.4 is 16.0 Å². The first-order chi connectivity index (χ1) is 10.2. The van der Waals surface area contributed by atoms with E-state index in [1.807, 2.05) is 13.1 Å². The minimum Gasteiger partial charge on any atom is -0.380 e. The first-order valence-electron chi connectivity index (χ1n) is 7.95. The van der Waals surface area contributed by atoms with Gasteiger partial charge in [-0.3, -0.25) is 4.99 Å². The SMILES string of the molecule is CN=C(NCC1CC1)NCC(Nc1ccccc1)C(C)C.I. The van der Waals surface area contributed by atoms with Gasteiger partial charge in [-0.15, -0.1) is 24.0 Å². The van der Waals surface area contributed by atoms with Gasteiger partial charge in [-0.25, -0.2) is 0 Å². The molecule has 3 N–H and O–H groups in total. The summed E-state index contributed by atoms with van der Waals surface area (Å²) in [6.45, 7) is 6.38. The highest BCUT2D eigenvalue weighted by Crippen LogP contribution is 2.27. The minimum atomic E-state index is 0. The number of aliphatic imine (C=N–C) groups is 1. The number of hydrogen-bond acceptors (Lipinski definition) is 2. The Labute approximate surface area is 151 Å². The Kier molecular flexibility index (Phi) is 8.60. The topological polar surface area (TPSA) is 48.5 Å². The van der Waals surface area contributed by atoms with Crippen molar-refractivity contribution in [1.29, 1.82) is 0 Å². The molecule has 124 valence electrons. The molecule has 0 saturated heterocycles. The predicted molar refractivity (Wildman–Crippen MR) is 106 cm³/mol. The number of benzene rings is 1. The molecule has 1 aromatic carbocycles. The Balaban J connectivity index is 0.00000242. The highest BCUT2D eigenvalue weighted by Gasteiger charge is 2.21. The average Bonchev–Trinajstić information content (AvgIpc) is 3.31. The monoisotopic (exact) mass is 416 g/mol. The Morgan fingerprint density at radius 2 is 1.86 bits per heavy atom. The highest BCUT2D eigenvalue weighted by atomic mass is 127. The van der Waals surface area contributed by atoms with Gasteiger partial charge in [0, 0.05) is 31.9 Å². The van der Waals surface area contributed by atoms with Crippen LogP contribution in [0.25, 0.3) is 0 Å². The lowest BCUT2D eigenvalue weighted by molar-refractivity contribution is 0.512. The zero-order chi connectivity index (χ0) is 15.1. The third kappa shape index (κ3) is 6.85. The van der Waals surface area contributed by atoms with Crippen molar-refractivity contribution in [2.24, 2.45) is 16.8 Å². The van der Waals surface area contributed by atoms with E-state index < -0.39 is 0 Å². The maximum Gasteiger partial charge on any atom is 0.191 e. The molecule has 2 rings (SSSR count). The number of guanidine groups is 1. The maximum absolute atomic E-state index is 4.29. The molecule has 0 heterocycles. The molecule has 1 aliphatic rings. The van der Waals surface area contributed by atoms with E-state index in [0.29, 0.717) is 12.0 Å². The molecular formula is C17H29IN4. The Morgan fingerprint density at radius 3 is 2.41 bits per heavy atom. The van der Waals surface area contributed by atoms with Gasteiger partial charge >= 0.3 is 0 Å². The molecule has 0 aromatic heterocycles. The molecule has 22 heavy (non-hydrogen) atoms. The lowest BCUT2D eigenvalue weighted by Gasteiger charge is -2.25. The number of nitrogens with zero attached hydrogens (tertiary/aromatic N) is 1. The summed E-state index contributed by atoms with van der Waals surface area (Å²) in [5, 5.41) is 10.4. The van der Waals surface area contributed by atoms with E-state index in [0.717, 1.165) is 25.0 Å². The molecule has 0 radical (unpaired) electrons. The Morgan fingerprint density at radius 1 is 1.18 bits per heavy atom. The van der Waals surface area contributed by atoms with Gasteiger partial charge in [0.15, 0.2) is 5.96 Å². The molecule has 0 bridgehead atoms. The third-order valence-corrected chi connectivity index (χ3v) is 3.90. The molecule has 1 aliphatic carbocycles. The first-order valence-corrected chi connectivity index (χ1v) is 7.95. The predicted octanol–water partition coefficient (Wildman–Crippen LogP) is 3.32. The van der Waals surface area contributed by atoms with Crippen LogP contribution in [-0.2, 0) is 0 Å². The largest absolute Gasteiger partial charge is 0.380 e. The quantitative estimate of drug-likeness (QED) is 0.363. The van der Waals surface area contributed by atoms with Crippen LogP contribution in [0.2, 0.25) is 0 Å². The van der Waals surface area contributed by atoms with E-state index in [9.17, 15) is 0 Å². The molecule has 4 nitrogen and oxygen atoms in total. The summed E-state index contributed by atoms with van der Waals surface area (Å²) in [7, 11) is 1.83. The molecule has 0 amide bonds. The van der Waals surface area contributed by atoms with Crippen molar-refractivity contribution >= 4 is 35.6 Å². The van der Waals surface area contributed by atoms with Crippen LogP contribution in [-0.4, -0.2) is 32.1 Å². The summed E-state index contributed by atoms with van der Waals surface area (Å²) in [5.41, 5.74) is 1.17. The molecule has 0 aliphatic heterocycles. The van der Waals surface area contributed by atoms with E-state index in [4.69, 9.17) is 0 Å². The fourth-order valence-electron chi connectivity index (χ4n) is 2.19. The number of halogens is 1. The summed E-state index contributed by atoms with van der Waals surface area (Å²) in [6, 6.07) is 10.7. The minimum absolute atomic E-state index is 0. The third-order valence-electron chi connectivity index (χ3n) is 3.90. The van der Waals surface area contributed by atoms with Crippen LogP contribution in [0.15, 0.2) is 35.3 Å². The fourth-order valence-corrected chi connectivity index (χ4v) is 2.19. The maximum atomic E-state index is 4.29. The second kappa shape index (κ2) is 9.92. The lowest BCUT2D eigenvalue weighted by atomic mass is 10.0. The van der Waals surface area contributed by atoms with Crippen molar-refractivity contribution in [3.63, 3.8) is 0 Å². The molecular weight excluding hydrogens is 387 g/mol. The van der Waals surface area contributed by atoms with Crippen LogP contribution in [0.5, 0.6) is 0 Å². The zero-order valence-corrected chi connectivity index (χ0v) is 16.1. The standard InChI is InChI=1S/C17H28N4.HI/c1-13(2)16(21-15-7-5-4-6-8-15)12-20-17(18-3)19-11-14-9-10-14;/h4-8,13-14,16,21H,9-12H2,1-3H3,(H2,18,19,20);1H. The summed E-state index contributed by atoms with van der Waals surface area (Å²) >= 11 is 0. The molecule has 5 heteroatoms. The Hall–Kier alpha value is -0.980. The summed E-state index contributed by atoms with van der Waals surface area (Å²) in [5.74, 6) is 2.30.